The summed E-state index contributed by atoms with van der Waals surface area (Å²) in [6.07, 6.45) is -0.701. The quantitative estimate of drug-likeness (QED) is 0.187. The SMILES string of the molecule is c1ccc(-n2c3ccccc3c3ccc4c(c5ccccc5n4C4=NC(n5c6ccccc6c6c7c(ccc65)c5ccccc5n7-c5ccccc5)NC(n5c6ccccc6c6ccc7c8ccccc8n(-c8ccccc8)c7c65)=N4)c32)cc1. The number of hydrogen-bond donors (Lipinski definition) is 1. The highest BCUT2D eigenvalue weighted by molar-refractivity contribution is 6.30. The summed E-state index contributed by atoms with van der Waals surface area (Å²) in [6.45, 7) is 0. The molecule has 0 fully saturated rings. The molecule has 6 aromatic heterocycles. The maximum absolute atomic E-state index is 5.97. The van der Waals surface area contributed by atoms with E-state index in [4.69, 9.17) is 9.98 Å². The largest absolute Gasteiger partial charge is 0.316 e. The van der Waals surface area contributed by atoms with E-state index in [0.29, 0.717) is 11.9 Å². The Morgan fingerprint density at radius 3 is 1.07 bits per heavy atom. The molecule has 0 spiro atoms. The van der Waals surface area contributed by atoms with E-state index in [1.807, 2.05) is 0 Å². The molecule has 392 valence electrons. The molecule has 1 aliphatic rings. The Hall–Kier alpha value is -11.4. The van der Waals surface area contributed by atoms with Crippen LogP contribution in [-0.2, 0) is 0 Å². The molecule has 1 unspecified atom stereocenters. The summed E-state index contributed by atoms with van der Waals surface area (Å²) in [7, 11) is 0. The van der Waals surface area contributed by atoms with Gasteiger partial charge in [-0.15, -0.1) is 0 Å². The molecule has 9 nitrogen and oxygen atoms in total. The van der Waals surface area contributed by atoms with Gasteiger partial charge in [0.1, 0.15) is 0 Å². The molecule has 0 saturated carbocycles. The average Bonchev–Trinajstić information content (AvgIpc) is 1.79. The van der Waals surface area contributed by atoms with Crippen LogP contribution in [0.1, 0.15) is 6.29 Å². The molecule has 1 N–H and O–H groups in total. The van der Waals surface area contributed by atoms with Crippen LogP contribution in [0, 0.1) is 0 Å². The second-order valence-corrected chi connectivity index (χ2v) is 22.1. The Morgan fingerprint density at radius 1 is 0.250 bits per heavy atom. The summed E-state index contributed by atoms with van der Waals surface area (Å²) in [6, 6.07) is 98.9. The van der Waals surface area contributed by atoms with Crippen LogP contribution in [0.3, 0.4) is 0 Å². The highest BCUT2D eigenvalue weighted by atomic mass is 15.4. The summed E-state index contributed by atoms with van der Waals surface area (Å²) in [4.78, 5) is 11.9. The minimum Gasteiger partial charge on any atom is -0.316 e. The molecule has 0 saturated heterocycles. The number of nitrogens with zero attached hydrogens (tertiary/aromatic N) is 8. The Bertz CT molecular complexity index is 5890. The molecular weight excluding hydrogens is 1030 g/mol. The first-order chi connectivity index (χ1) is 41.7. The number of aromatic nitrogens is 6. The van der Waals surface area contributed by atoms with Crippen molar-refractivity contribution >= 4 is 143 Å². The molecule has 0 amide bonds. The fraction of sp³-hybridized carbons (Fsp3) is 0.0133. The van der Waals surface area contributed by atoms with Crippen molar-refractivity contribution in [3.63, 3.8) is 0 Å². The van der Waals surface area contributed by atoms with Gasteiger partial charge in [0.25, 0.3) is 0 Å². The second kappa shape index (κ2) is 17.1. The zero-order chi connectivity index (χ0) is 54.7. The van der Waals surface area contributed by atoms with E-state index in [1.165, 1.54) is 26.9 Å². The first-order valence-electron chi connectivity index (χ1n) is 28.7. The summed E-state index contributed by atoms with van der Waals surface area (Å²) >= 11 is 0. The predicted octanol–water partition coefficient (Wildman–Crippen LogP) is 18.2. The van der Waals surface area contributed by atoms with Gasteiger partial charge in [0, 0.05) is 81.7 Å². The van der Waals surface area contributed by atoms with Crippen LogP contribution in [0.15, 0.2) is 283 Å². The summed E-state index contributed by atoms with van der Waals surface area (Å²) in [5.41, 5.74) is 16.3. The molecular formula is C75H47N9. The van der Waals surface area contributed by atoms with Crippen LogP contribution < -0.4 is 5.32 Å². The topological polar surface area (TPSA) is 66.3 Å². The average molecular weight is 1070 g/mol. The summed E-state index contributed by atoms with van der Waals surface area (Å²) < 4.78 is 14.4. The highest BCUT2D eigenvalue weighted by Gasteiger charge is 2.32. The molecule has 0 aliphatic carbocycles. The molecule has 18 aromatic rings. The second-order valence-electron chi connectivity index (χ2n) is 22.1. The molecule has 0 radical (unpaired) electrons. The van der Waals surface area contributed by atoms with Crippen molar-refractivity contribution in [2.24, 2.45) is 9.98 Å². The van der Waals surface area contributed by atoms with Gasteiger partial charge in [-0.2, -0.15) is 4.99 Å². The number of rotatable bonds is 4. The molecule has 84 heavy (non-hydrogen) atoms. The Kier molecular flexibility index (Phi) is 9.20. The number of para-hydroxylation sites is 9. The monoisotopic (exact) mass is 1070 g/mol. The third-order valence-electron chi connectivity index (χ3n) is 17.8. The number of hydrogen-bond acceptors (Lipinski definition) is 3. The van der Waals surface area contributed by atoms with E-state index in [1.54, 1.807) is 0 Å². The number of benzene rings is 12. The van der Waals surface area contributed by atoms with Crippen LogP contribution in [0.2, 0.25) is 0 Å². The maximum Gasteiger partial charge on any atom is 0.236 e. The highest BCUT2D eigenvalue weighted by Crippen LogP contribution is 2.46. The van der Waals surface area contributed by atoms with Crippen LogP contribution >= 0.6 is 0 Å². The van der Waals surface area contributed by atoms with Gasteiger partial charge in [-0.3, -0.25) is 9.13 Å². The Morgan fingerprint density at radius 2 is 0.583 bits per heavy atom. The van der Waals surface area contributed by atoms with Crippen molar-refractivity contribution in [2.45, 2.75) is 6.29 Å². The first kappa shape index (κ1) is 45.3. The summed E-state index contributed by atoms with van der Waals surface area (Å²) in [5, 5.41) is 18.1. The molecule has 12 aromatic carbocycles. The van der Waals surface area contributed by atoms with Crippen molar-refractivity contribution in [1.82, 2.24) is 32.7 Å². The van der Waals surface area contributed by atoms with E-state index in [2.05, 4.69) is 306 Å². The van der Waals surface area contributed by atoms with Gasteiger partial charge in [-0.05, 0) is 84.9 Å². The van der Waals surface area contributed by atoms with Gasteiger partial charge in [-0.1, -0.05) is 188 Å². The number of fused-ring (bicyclic) bond motifs is 21. The minimum absolute atomic E-state index is 0.564. The van der Waals surface area contributed by atoms with E-state index >= 15 is 0 Å². The predicted molar refractivity (Wildman–Crippen MR) is 349 cm³/mol. The van der Waals surface area contributed by atoms with Crippen LogP contribution in [0.5, 0.6) is 0 Å². The molecule has 7 heterocycles. The smallest absolute Gasteiger partial charge is 0.236 e. The normalized spacial score (nSPS) is 14.1. The van der Waals surface area contributed by atoms with Gasteiger partial charge in [0.05, 0.1) is 66.2 Å². The van der Waals surface area contributed by atoms with E-state index in [-0.39, 0.29) is 0 Å². The lowest BCUT2D eigenvalue weighted by molar-refractivity contribution is 0.507. The van der Waals surface area contributed by atoms with Crippen molar-refractivity contribution in [3.05, 3.63) is 273 Å². The van der Waals surface area contributed by atoms with Gasteiger partial charge >= 0.3 is 0 Å². The Balaban J connectivity index is 0.961. The van der Waals surface area contributed by atoms with Crippen molar-refractivity contribution in [2.75, 3.05) is 0 Å². The van der Waals surface area contributed by atoms with E-state index in [0.717, 1.165) is 121 Å². The fourth-order valence-corrected chi connectivity index (χ4v) is 14.5. The standard InChI is InChI=1S/C75H47N9/c1-4-22-46(23-5-1)79-59-34-16-10-28-49(59)53-42-44-65-67(69(53)79)57-32-14-20-38-63(57)82(65)73-76-74(83-64-39-21-15-33-58(64)68-66(83)45-43-54-50-29-11-17-35-60(50)80(70(54)68)47-24-6-2-7-25-47)78-75(77-73)84-62-37-19-13-31-52(62)56-41-40-55-51-30-12-18-36-61(51)81(71(55)72(56)84)48-26-8-3-9-27-48/h1-45,73H,(H,76,77,78). The van der Waals surface area contributed by atoms with Gasteiger partial charge in [0.15, 0.2) is 0 Å². The molecule has 1 atom stereocenters. The molecule has 19 rings (SSSR count). The van der Waals surface area contributed by atoms with E-state index in [9.17, 15) is 0 Å². The zero-order valence-electron chi connectivity index (χ0n) is 45.1. The Labute approximate surface area is 479 Å². The fourth-order valence-electron chi connectivity index (χ4n) is 14.5. The van der Waals surface area contributed by atoms with Crippen LogP contribution in [0.4, 0.5) is 0 Å². The van der Waals surface area contributed by atoms with Gasteiger partial charge in [-0.25, -0.2) is 4.99 Å². The zero-order valence-corrected chi connectivity index (χ0v) is 45.1. The number of nitrogens with one attached hydrogen (secondary N) is 1. The van der Waals surface area contributed by atoms with Crippen molar-refractivity contribution in [3.8, 4) is 17.1 Å². The lowest BCUT2D eigenvalue weighted by atomic mass is 10.1. The third-order valence-corrected chi connectivity index (χ3v) is 17.8. The first-order valence-corrected chi connectivity index (χ1v) is 28.7. The van der Waals surface area contributed by atoms with E-state index < -0.39 is 6.29 Å². The van der Waals surface area contributed by atoms with Crippen molar-refractivity contribution in [1.29, 1.82) is 0 Å². The lowest BCUT2D eigenvalue weighted by Gasteiger charge is -2.27. The van der Waals surface area contributed by atoms with Crippen LogP contribution in [-0.4, -0.2) is 39.3 Å². The molecule has 9 heteroatoms. The van der Waals surface area contributed by atoms with Gasteiger partial charge in [0.2, 0.25) is 18.2 Å². The number of aliphatic imine (C=N–C) groups is 2. The van der Waals surface area contributed by atoms with Gasteiger partial charge < -0.3 is 23.6 Å². The maximum atomic E-state index is 5.97. The molecule has 0 bridgehead atoms. The van der Waals surface area contributed by atoms with Crippen LogP contribution in [0.25, 0.3) is 148 Å². The summed E-state index contributed by atoms with van der Waals surface area (Å²) in [5.74, 6) is 1.22. The lowest BCUT2D eigenvalue weighted by Crippen LogP contribution is -2.41. The molecule has 1 aliphatic heterocycles. The minimum atomic E-state index is -0.701. The van der Waals surface area contributed by atoms with Crippen molar-refractivity contribution < 1.29 is 0 Å². The third kappa shape index (κ3) is 6.05.